The second kappa shape index (κ2) is 9.11. The third-order valence-corrected chi connectivity index (χ3v) is 2.37. The van der Waals surface area contributed by atoms with Crippen LogP contribution < -0.4 is 16.4 Å². The van der Waals surface area contributed by atoms with E-state index in [1.54, 1.807) is 25.1 Å². The Bertz CT molecular complexity index is 454. The van der Waals surface area contributed by atoms with Crippen molar-refractivity contribution >= 4 is 29.7 Å². The number of nitro groups is 1. The van der Waals surface area contributed by atoms with Crippen molar-refractivity contribution in [3.05, 3.63) is 34.4 Å². The summed E-state index contributed by atoms with van der Waals surface area (Å²) in [5, 5.41) is 16.4. The van der Waals surface area contributed by atoms with Gasteiger partial charge in [0.1, 0.15) is 5.69 Å². The molecular formula is C12H19ClN4O3. The molecule has 1 rings (SSSR count). The van der Waals surface area contributed by atoms with E-state index in [4.69, 9.17) is 5.73 Å². The summed E-state index contributed by atoms with van der Waals surface area (Å²) in [6, 6.07) is 6.19. The minimum Gasteiger partial charge on any atom is -0.378 e. The van der Waals surface area contributed by atoms with Gasteiger partial charge in [0.25, 0.3) is 5.69 Å². The lowest BCUT2D eigenvalue weighted by molar-refractivity contribution is -0.384. The highest BCUT2D eigenvalue weighted by Gasteiger charge is 2.11. The quantitative estimate of drug-likeness (QED) is 0.399. The minimum absolute atomic E-state index is 0. The highest BCUT2D eigenvalue weighted by Crippen LogP contribution is 2.22. The molecule has 0 spiro atoms. The molecule has 1 atom stereocenters. The van der Waals surface area contributed by atoms with Crippen molar-refractivity contribution < 1.29 is 9.72 Å². The normalized spacial score (nSPS) is 11.1. The van der Waals surface area contributed by atoms with E-state index >= 15 is 0 Å². The average molecular weight is 303 g/mol. The molecule has 0 heterocycles. The molecule has 0 fully saturated rings. The van der Waals surface area contributed by atoms with Gasteiger partial charge in [0.2, 0.25) is 5.91 Å². The van der Waals surface area contributed by atoms with Gasteiger partial charge in [-0.1, -0.05) is 12.1 Å². The molecule has 1 aromatic carbocycles. The Morgan fingerprint density at radius 2 is 2.05 bits per heavy atom. The number of benzene rings is 1. The molecule has 0 aliphatic carbocycles. The third-order valence-electron chi connectivity index (χ3n) is 2.37. The molecule has 1 unspecified atom stereocenters. The first-order valence-electron chi connectivity index (χ1n) is 6.00. The second-order valence-electron chi connectivity index (χ2n) is 4.23. The van der Waals surface area contributed by atoms with E-state index in [0.29, 0.717) is 18.8 Å². The van der Waals surface area contributed by atoms with Crippen molar-refractivity contribution in [2.45, 2.75) is 19.4 Å². The predicted molar refractivity (Wildman–Crippen MR) is 80.1 cm³/mol. The van der Waals surface area contributed by atoms with E-state index in [1.807, 2.05) is 0 Å². The van der Waals surface area contributed by atoms with Crippen molar-refractivity contribution in [1.29, 1.82) is 0 Å². The van der Waals surface area contributed by atoms with Gasteiger partial charge in [-0.3, -0.25) is 14.9 Å². The minimum atomic E-state index is -0.447. The van der Waals surface area contributed by atoms with Gasteiger partial charge in [-0.15, -0.1) is 12.4 Å². The van der Waals surface area contributed by atoms with Crippen molar-refractivity contribution in [2.75, 3.05) is 18.4 Å². The fourth-order valence-corrected chi connectivity index (χ4v) is 1.55. The summed E-state index contributed by atoms with van der Waals surface area (Å²) in [6.45, 7) is 2.55. The van der Waals surface area contributed by atoms with Crippen LogP contribution in [0.15, 0.2) is 24.3 Å². The van der Waals surface area contributed by atoms with Gasteiger partial charge in [0.15, 0.2) is 0 Å². The molecule has 0 radical (unpaired) electrons. The van der Waals surface area contributed by atoms with Crippen LogP contribution in [0, 0.1) is 10.1 Å². The van der Waals surface area contributed by atoms with Gasteiger partial charge in [-0.2, -0.15) is 0 Å². The van der Waals surface area contributed by atoms with Crippen LogP contribution in [-0.2, 0) is 4.79 Å². The molecule has 0 saturated heterocycles. The van der Waals surface area contributed by atoms with Gasteiger partial charge in [0.05, 0.1) is 4.92 Å². The van der Waals surface area contributed by atoms with Gasteiger partial charge in [-0.05, 0) is 13.0 Å². The van der Waals surface area contributed by atoms with Crippen molar-refractivity contribution in [3.63, 3.8) is 0 Å². The van der Waals surface area contributed by atoms with Crippen LogP contribution in [0.2, 0.25) is 0 Å². The fraction of sp³-hybridized carbons (Fsp3) is 0.417. The smallest absolute Gasteiger partial charge is 0.292 e. The summed E-state index contributed by atoms with van der Waals surface area (Å²) in [5.74, 6) is -0.126. The third kappa shape index (κ3) is 6.35. The number of nitro benzene ring substituents is 1. The van der Waals surface area contributed by atoms with Gasteiger partial charge in [0, 0.05) is 31.6 Å². The van der Waals surface area contributed by atoms with Crippen LogP contribution in [0.4, 0.5) is 11.4 Å². The molecule has 0 aliphatic rings. The van der Waals surface area contributed by atoms with Crippen LogP contribution in [0.5, 0.6) is 0 Å². The maximum absolute atomic E-state index is 11.3. The lowest BCUT2D eigenvalue weighted by Crippen LogP contribution is -2.33. The van der Waals surface area contributed by atoms with E-state index < -0.39 is 4.92 Å². The summed E-state index contributed by atoms with van der Waals surface area (Å²) in [6.07, 6.45) is 0.269. The molecule has 4 N–H and O–H groups in total. The molecule has 20 heavy (non-hydrogen) atoms. The molecule has 1 aromatic rings. The number of hydrogen-bond acceptors (Lipinski definition) is 5. The van der Waals surface area contributed by atoms with Gasteiger partial charge < -0.3 is 16.4 Å². The Kier molecular flexibility index (Phi) is 8.26. The first kappa shape index (κ1) is 18.1. The average Bonchev–Trinajstić information content (AvgIpc) is 2.34. The predicted octanol–water partition coefficient (Wildman–Crippen LogP) is 1.28. The van der Waals surface area contributed by atoms with Crippen molar-refractivity contribution in [1.82, 2.24) is 5.32 Å². The maximum atomic E-state index is 11.3. The molecule has 0 aliphatic heterocycles. The molecular weight excluding hydrogens is 284 g/mol. The standard InChI is InChI=1S/C12H18N4O3.ClH/c1-9(13)8-12(17)15-7-6-14-10-4-2-3-5-11(10)16(18)19;/h2-5,9,14H,6-8,13H2,1H3,(H,15,17);1H. The van der Waals surface area contributed by atoms with E-state index in [-0.39, 0.29) is 36.5 Å². The first-order valence-corrected chi connectivity index (χ1v) is 6.00. The number of anilines is 1. The van der Waals surface area contributed by atoms with Crippen LogP contribution in [-0.4, -0.2) is 30.0 Å². The summed E-state index contributed by atoms with van der Waals surface area (Å²) >= 11 is 0. The Balaban J connectivity index is 0.00000361. The first-order chi connectivity index (χ1) is 9.00. The Hall–Kier alpha value is -1.86. The number of para-hydroxylation sites is 2. The number of halogens is 1. The highest BCUT2D eigenvalue weighted by molar-refractivity contribution is 5.85. The van der Waals surface area contributed by atoms with Crippen LogP contribution in [0.1, 0.15) is 13.3 Å². The maximum Gasteiger partial charge on any atom is 0.292 e. The number of carbonyl (C=O) groups is 1. The zero-order valence-electron chi connectivity index (χ0n) is 11.2. The molecule has 1 amide bonds. The fourth-order valence-electron chi connectivity index (χ4n) is 1.55. The zero-order valence-corrected chi connectivity index (χ0v) is 12.0. The second-order valence-corrected chi connectivity index (χ2v) is 4.23. The molecule has 0 bridgehead atoms. The Morgan fingerprint density at radius 3 is 2.65 bits per heavy atom. The van der Waals surface area contributed by atoms with E-state index in [1.165, 1.54) is 6.07 Å². The number of nitrogens with two attached hydrogens (primary N) is 1. The van der Waals surface area contributed by atoms with Crippen LogP contribution in [0.25, 0.3) is 0 Å². The molecule has 112 valence electrons. The lowest BCUT2D eigenvalue weighted by Gasteiger charge is -2.09. The van der Waals surface area contributed by atoms with Crippen molar-refractivity contribution in [3.8, 4) is 0 Å². The van der Waals surface area contributed by atoms with E-state index in [9.17, 15) is 14.9 Å². The number of rotatable bonds is 7. The molecule has 8 heteroatoms. The van der Waals surface area contributed by atoms with E-state index in [2.05, 4.69) is 10.6 Å². The Morgan fingerprint density at radius 1 is 1.40 bits per heavy atom. The van der Waals surface area contributed by atoms with Gasteiger partial charge >= 0.3 is 0 Å². The number of carbonyl (C=O) groups excluding carboxylic acids is 1. The monoisotopic (exact) mass is 302 g/mol. The highest BCUT2D eigenvalue weighted by atomic mass is 35.5. The molecule has 7 nitrogen and oxygen atoms in total. The zero-order chi connectivity index (χ0) is 14.3. The molecule has 0 saturated carbocycles. The topological polar surface area (TPSA) is 110 Å². The summed E-state index contributed by atoms with van der Waals surface area (Å²) < 4.78 is 0. The SMILES string of the molecule is CC(N)CC(=O)NCCNc1ccccc1[N+](=O)[O-].Cl. The Labute approximate surface area is 123 Å². The number of nitrogens with one attached hydrogen (secondary N) is 2. The van der Waals surface area contributed by atoms with Crippen LogP contribution >= 0.6 is 12.4 Å². The molecule has 0 aromatic heterocycles. The van der Waals surface area contributed by atoms with Crippen LogP contribution in [0.3, 0.4) is 0 Å². The lowest BCUT2D eigenvalue weighted by atomic mass is 10.2. The number of nitrogens with zero attached hydrogens (tertiary/aromatic N) is 1. The summed E-state index contributed by atoms with van der Waals surface area (Å²) in [5.41, 5.74) is 5.95. The van der Waals surface area contributed by atoms with Gasteiger partial charge in [-0.25, -0.2) is 0 Å². The summed E-state index contributed by atoms with van der Waals surface area (Å²) in [4.78, 5) is 21.6. The largest absolute Gasteiger partial charge is 0.378 e. The summed E-state index contributed by atoms with van der Waals surface area (Å²) in [7, 11) is 0. The van der Waals surface area contributed by atoms with E-state index in [0.717, 1.165) is 0 Å². The number of hydrogen-bond donors (Lipinski definition) is 3. The van der Waals surface area contributed by atoms with Crippen molar-refractivity contribution in [2.24, 2.45) is 5.73 Å². The number of amides is 1.